The highest BCUT2D eigenvalue weighted by Crippen LogP contribution is 2.30. The largest absolute Gasteiger partial charge is 0.508 e. The van der Waals surface area contributed by atoms with Crippen LogP contribution in [0.25, 0.3) is 10.8 Å². The lowest BCUT2D eigenvalue weighted by atomic mass is 10.1. The lowest BCUT2D eigenvalue weighted by Gasteiger charge is -2.05. The van der Waals surface area contributed by atoms with Crippen molar-refractivity contribution in [2.24, 2.45) is 0 Å². The number of phenols is 2. The van der Waals surface area contributed by atoms with Crippen molar-refractivity contribution < 1.29 is 23.2 Å². The minimum Gasteiger partial charge on any atom is -0.508 e. The van der Waals surface area contributed by atoms with Gasteiger partial charge in [-0.05, 0) is 29.7 Å². The van der Waals surface area contributed by atoms with E-state index in [1.165, 1.54) is 24.3 Å². The summed E-state index contributed by atoms with van der Waals surface area (Å²) in [6.45, 7) is 0. The Hall–Kier alpha value is -1.79. The van der Waals surface area contributed by atoms with Gasteiger partial charge in [-0.2, -0.15) is 8.42 Å². The van der Waals surface area contributed by atoms with Gasteiger partial charge >= 0.3 is 0 Å². The number of rotatable bonds is 1. The highest BCUT2D eigenvalue weighted by Gasteiger charge is 2.15. The first kappa shape index (κ1) is 10.7. The quantitative estimate of drug-likeness (QED) is 0.656. The number of hydrogen-bond acceptors (Lipinski definition) is 4. The number of benzene rings is 2. The van der Waals surface area contributed by atoms with Gasteiger partial charge in [-0.1, -0.05) is 0 Å². The molecule has 0 amide bonds. The Kier molecular flexibility index (Phi) is 2.25. The summed E-state index contributed by atoms with van der Waals surface area (Å²) in [4.78, 5) is -0.387. The van der Waals surface area contributed by atoms with E-state index in [0.717, 1.165) is 6.07 Å². The summed E-state index contributed by atoms with van der Waals surface area (Å²) >= 11 is 0. The third kappa shape index (κ3) is 1.80. The van der Waals surface area contributed by atoms with Crippen LogP contribution in [0, 0.1) is 0 Å². The Morgan fingerprint density at radius 1 is 0.938 bits per heavy atom. The molecule has 0 fully saturated rings. The maximum absolute atomic E-state index is 11.1. The molecule has 6 heteroatoms. The van der Waals surface area contributed by atoms with E-state index in [1.807, 2.05) is 0 Å². The number of phenolic OH excluding ortho intramolecular Hbond substituents is 2. The number of aromatic hydroxyl groups is 2. The van der Waals surface area contributed by atoms with Crippen LogP contribution in [-0.2, 0) is 10.1 Å². The van der Waals surface area contributed by atoms with E-state index in [-0.39, 0.29) is 21.8 Å². The number of hydrogen-bond donors (Lipinski definition) is 3. The van der Waals surface area contributed by atoms with Crippen molar-refractivity contribution in [1.82, 2.24) is 0 Å². The first-order valence-corrected chi connectivity index (χ1v) is 5.75. The van der Waals surface area contributed by atoms with Gasteiger partial charge in [0.1, 0.15) is 16.4 Å². The average molecular weight is 240 g/mol. The van der Waals surface area contributed by atoms with Crippen LogP contribution in [-0.4, -0.2) is 23.2 Å². The fourth-order valence-electron chi connectivity index (χ4n) is 1.52. The molecular weight excluding hydrogens is 232 g/mol. The molecule has 0 aromatic heterocycles. The second-order valence-corrected chi connectivity index (χ2v) is 4.71. The Morgan fingerprint density at radius 2 is 1.56 bits per heavy atom. The summed E-state index contributed by atoms with van der Waals surface area (Å²) in [5.74, 6) is -0.356. The van der Waals surface area contributed by atoms with Crippen LogP contribution in [0.4, 0.5) is 0 Å². The predicted molar refractivity (Wildman–Crippen MR) is 57.1 cm³/mol. The van der Waals surface area contributed by atoms with Gasteiger partial charge in [0.05, 0.1) is 0 Å². The van der Waals surface area contributed by atoms with Crippen LogP contribution < -0.4 is 0 Å². The molecule has 0 aliphatic heterocycles. The Morgan fingerprint density at radius 3 is 2.19 bits per heavy atom. The maximum Gasteiger partial charge on any atom is 0.295 e. The van der Waals surface area contributed by atoms with Crippen molar-refractivity contribution in [3.05, 3.63) is 30.3 Å². The van der Waals surface area contributed by atoms with Crippen molar-refractivity contribution in [3.63, 3.8) is 0 Å². The van der Waals surface area contributed by atoms with Crippen LogP contribution in [0.1, 0.15) is 0 Å². The molecule has 0 saturated heterocycles. The molecule has 0 aliphatic carbocycles. The Labute approximate surface area is 91.3 Å². The molecule has 3 N–H and O–H groups in total. The van der Waals surface area contributed by atoms with E-state index in [4.69, 9.17) is 4.55 Å². The first-order valence-electron chi connectivity index (χ1n) is 4.31. The van der Waals surface area contributed by atoms with Gasteiger partial charge in [0.25, 0.3) is 10.1 Å². The van der Waals surface area contributed by atoms with Crippen molar-refractivity contribution in [2.75, 3.05) is 0 Å². The zero-order valence-electron chi connectivity index (χ0n) is 7.95. The summed E-state index contributed by atoms with van der Waals surface area (Å²) in [5, 5.41) is 19.1. The molecule has 0 radical (unpaired) electrons. The molecule has 2 aromatic rings. The molecule has 0 saturated carbocycles. The maximum atomic E-state index is 11.1. The van der Waals surface area contributed by atoms with Crippen LogP contribution in [0.3, 0.4) is 0 Å². The van der Waals surface area contributed by atoms with E-state index in [2.05, 4.69) is 0 Å². The normalized spacial score (nSPS) is 11.8. The first-order chi connectivity index (χ1) is 7.38. The SMILES string of the molecule is O=S(=O)(O)c1cc(O)cc2cc(O)ccc12. The van der Waals surface area contributed by atoms with E-state index in [0.29, 0.717) is 5.39 Å². The van der Waals surface area contributed by atoms with Crippen LogP contribution in [0.15, 0.2) is 35.2 Å². The summed E-state index contributed by atoms with van der Waals surface area (Å²) < 4.78 is 31.1. The highest BCUT2D eigenvalue weighted by molar-refractivity contribution is 7.86. The van der Waals surface area contributed by atoms with Crippen molar-refractivity contribution in [3.8, 4) is 11.5 Å². The Bertz CT molecular complexity index is 655. The van der Waals surface area contributed by atoms with Gasteiger partial charge in [0.2, 0.25) is 0 Å². The lowest BCUT2D eigenvalue weighted by molar-refractivity contribution is 0.467. The molecule has 0 atom stereocenters. The van der Waals surface area contributed by atoms with Crippen molar-refractivity contribution in [2.45, 2.75) is 4.90 Å². The van der Waals surface area contributed by atoms with E-state index in [9.17, 15) is 18.6 Å². The molecule has 0 bridgehead atoms. The minimum absolute atomic E-state index is 0.0561. The van der Waals surface area contributed by atoms with E-state index in [1.54, 1.807) is 0 Å². The monoisotopic (exact) mass is 240 g/mol. The minimum atomic E-state index is -4.41. The molecule has 16 heavy (non-hydrogen) atoms. The predicted octanol–water partition coefficient (Wildman–Crippen LogP) is 1.50. The molecule has 0 spiro atoms. The fraction of sp³-hybridized carbons (Fsp3) is 0. The van der Waals surface area contributed by atoms with Gasteiger partial charge in [-0.3, -0.25) is 4.55 Å². The van der Waals surface area contributed by atoms with Crippen LogP contribution >= 0.6 is 0 Å². The fourth-order valence-corrected chi connectivity index (χ4v) is 2.25. The molecule has 2 rings (SSSR count). The summed E-state index contributed by atoms with van der Waals surface area (Å²) in [5.41, 5.74) is 0. The second kappa shape index (κ2) is 3.36. The summed E-state index contributed by atoms with van der Waals surface area (Å²) in [7, 11) is -4.41. The molecule has 84 valence electrons. The van der Waals surface area contributed by atoms with Gasteiger partial charge < -0.3 is 10.2 Å². The lowest BCUT2D eigenvalue weighted by Crippen LogP contribution is -1.98. The Balaban J connectivity index is 2.94. The summed E-state index contributed by atoms with van der Waals surface area (Å²) in [6, 6.07) is 6.20. The van der Waals surface area contributed by atoms with Crippen LogP contribution in [0.2, 0.25) is 0 Å². The van der Waals surface area contributed by atoms with Crippen molar-refractivity contribution >= 4 is 20.9 Å². The third-order valence-corrected chi connectivity index (χ3v) is 3.05. The molecule has 0 heterocycles. The standard InChI is InChI=1S/C10H8O5S/c11-7-1-2-9-6(3-7)4-8(12)5-10(9)16(13,14)15/h1-5,11-12H,(H,13,14,15). The molecule has 2 aromatic carbocycles. The zero-order valence-corrected chi connectivity index (χ0v) is 8.77. The zero-order chi connectivity index (χ0) is 11.9. The van der Waals surface area contributed by atoms with Gasteiger partial charge in [0, 0.05) is 11.5 Å². The number of fused-ring (bicyclic) bond motifs is 1. The molecule has 0 unspecified atom stereocenters. The van der Waals surface area contributed by atoms with Crippen molar-refractivity contribution in [1.29, 1.82) is 0 Å². The van der Waals surface area contributed by atoms with E-state index < -0.39 is 10.1 Å². The highest BCUT2D eigenvalue weighted by atomic mass is 32.2. The third-order valence-electron chi connectivity index (χ3n) is 2.16. The second-order valence-electron chi connectivity index (χ2n) is 3.32. The molecule has 5 nitrogen and oxygen atoms in total. The van der Waals surface area contributed by atoms with Crippen LogP contribution in [0.5, 0.6) is 11.5 Å². The van der Waals surface area contributed by atoms with E-state index >= 15 is 0 Å². The van der Waals surface area contributed by atoms with Gasteiger partial charge in [0.15, 0.2) is 0 Å². The molecular formula is C10H8O5S. The smallest absolute Gasteiger partial charge is 0.295 e. The summed E-state index contributed by atoms with van der Waals surface area (Å²) in [6.07, 6.45) is 0. The molecule has 0 aliphatic rings. The van der Waals surface area contributed by atoms with Gasteiger partial charge in [-0.25, -0.2) is 0 Å². The van der Waals surface area contributed by atoms with Gasteiger partial charge in [-0.15, -0.1) is 0 Å². The topological polar surface area (TPSA) is 94.8 Å². The average Bonchev–Trinajstić information content (AvgIpc) is 2.14.